The molecule has 0 saturated heterocycles. The average Bonchev–Trinajstić information content (AvgIpc) is 3.46. The van der Waals surface area contributed by atoms with Crippen LogP contribution in [0.2, 0.25) is 0 Å². The molecule has 164 valence electrons. The minimum Gasteiger partial charge on any atom is -0.351 e. The largest absolute Gasteiger partial charge is 0.351 e. The van der Waals surface area contributed by atoms with Gasteiger partial charge in [-0.3, -0.25) is 14.3 Å². The molecule has 0 aliphatic carbocycles. The molecular formula is C23H24N6OS2. The Balaban J connectivity index is 1.50. The third-order valence-electron chi connectivity index (χ3n) is 4.68. The van der Waals surface area contributed by atoms with Gasteiger partial charge in [0.15, 0.2) is 11.0 Å². The summed E-state index contributed by atoms with van der Waals surface area (Å²) in [4.78, 5) is 21.0. The van der Waals surface area contributed by atoms with Crippen LogP contribution in [0, 0.1) is 5.92 Å². The van der Waals surface area contributed by atoms with Crippen LogP contribution in [-0.2, 0) is 5.75 Å². The van der Waals surface area contributed by atoms with Gasteiger partial charge in [0, 0.05) is 35.6 Å². The minimum absolute atomic E-state index is 0.121. The summed E-state index contributed by atoms with van der Waals surface area (Å²) in [6, 6.07) is 13.9. The van der Waals surface area contributed by atoms with Crippen LogP contribution in [0.1, 0.15) is 35.8 Å². The molecule has 0 saturated carbocycles. The third-order valence-corrected chi connectivity index (χ3v) is 6.66. The molecule has 32 heavy (non-hydrogen) atoms. The van der Waals surface area contributed by atoms with Crippen molar-refractivity contribution in [2.75, 3.05) is 6.54 Å². The van der Waals surface area contributed by atoms with Crippen molar-refractivity contribution in [3.63, 3.8) is 0 Å². The number of pyridine rings is 1. The van der Waals surface area contributed by atoms with E-state index in [4.69, 9.17) is 0 Å². The van der Waals surface area contributed by atoms with Crippen LogP contribution in [0.4, 0.5) is 0 Å². The summed E-state index contributed by atoms with van der Waals surface area (Å²) < 4.78 is 2.02. The highest BCUT2D eigenvalue weighted by molar-refractivity contribution is 7.98. The van der Waals surface area contributed by atoms with Crippen molar-refractivity contribution in [3.8, 4) is 17.1 Å². The van der Waals surface area contributed by atoms with E-state index in [1.54, 1.807) is 24.2 Å². The second-order valence-electron chi connectivity index (χ2n) is 7.57. The van der Waals surface area contributed by atoms with Crippen molar-refractivity contribution in [3.05, 3.63) is 70.9 Å². The second-order valence-corrected chi connectivity index (χ2v) is 9.46. The molecule has 0 radical (unpaired) electrons. The van der Waals surface area contributed by atoms with Crippen molar-refractivity contribution in [1.82, 2.24) is 30.0 Å². The van der Waals surface area contributed by atoms with Crippen LogP contribution in [-0.4, -0.2) is 37.2 Å². The van der Waals surface area contributed by atoms with Gasteiger partial charge in [0.2, 0.25) is 0 Å². The molecule has 7 nitrogen and oxygen atoms in total. The number of nitrogens with one attached hydrogen (secondary N) is 1. The Hall–Kier alpha value is -3.04. The van der Waals surface area contributed by atoms with Crippen LogP contribution >= 0.6 is 23.1 Å². The highest BCUT2D eigenvalue weighted by Crippen LogP contribution is 2.30. The third kappa shape index (κ3) is 5.41. The molecule has 9 heteroatoms. The lowest BCUT2D eigenvalue weighted by Crippen LogP contribution is -2.25. The quantitative estimate of drug-likeness (QED) is 0.356. The predicted molar refractivity (Wildman–Crippen MR) is 128 cm³/mol. The number of thiazole rings is 1. The predicted octanol–water partition coefficient (Wildman–Crippen LogP) is 4.85. The smallest absolute Gasteiger partial charge is 0.270 e. The van der Waals surface area contributed by atoms with Crippen molar-refractivity contribution in [2.45, 2.75) is 31.2 Å². The van der Waals surface area contributed by atoms with Crippen LogP contribution in [0.5, 0.6) is 0 Å². The molecule has 1 amide bonds. The number of hydrogen-bond donors (Lipinski definition) is 1. The first-order chi connectivity index (χ1) is 15.6. The fourth-order valence-corrected chi connectivity index (χ4v) is 4.77. The highest BCUT2D eigenvalue weighted by atomic mass is 32.2. The molecule has 0 spiro atoms. The van der Waals surface area contributed by atoms with E-state index in [0.29, 0.717) is 23.9 Å². The molecule has 0 unspecified atom stereocenters. The van der Waals surface area contributed by atoms with E-state index < -0.39 is 0 Å². The van der Waals surface area contributed by atoms with Gasteiger partial charge in [0.25, 0.3) is 5.91 Å². The van der Waals surface area contributed by atoms with Crippen LogP contribution in [0.15, 0.2) is 65.4 Å². The molecular weight excluding hydrogens is 440 g/mol. The van der Waals surface area contributed by atoms with Gasteiger partial charge in [-0.2, -0.15) is 0 Å². The highest BCUT2D eigenvalue weighted by Gasteiger charge is 2.17. The fraction of sp³-hybridized carbons (Fsp3) is 0.261. The Labute approximate surface area is 195 Å². The standard InChI is InChI=1S/C23H24N6OS2/c1-16(2)10-12-25-22(30)19-14-31-20(26-19)15-32-23-28-27-21(17-7-6-11-24-13-17)29(23)18-8-4-3-5-9-18/h3-9,11,13-14,16H,10,12,15H2,1-2H3,(H,25,30). The number of nitrogens with zero attached hydrogens (tertiary/aromatic N) is 5. The molecule has 4 rings (SSSR count). The topological polar surface area (TPSA) is 85.6 Å². The Morgan fingerprint density at radius 1 is 1.16 bits per heavy atom. The first kappa shape index (κ1) is 22.2. The maximum atomic E-state index is 12.3. The maximum Gasteiger partial charge on any atom is 0.270 e. The normalized spacial score (nSPS) is 11.1. The number of carbonyl (C=O) groups is 1. The number of benzene rings is 1. The number of amides is 1. The number of aromatic nitrogens is 5. The maximum absolute atomic E-state index is 12.3. The van der Waals surface area contributed by atoms with E-state index >= 15 is 0 Å². The van der Waals surface area contributed by atoms with E-state index in [-0.39, 0.29) is 5.91 Å². The zero-order valence-electron chi connectivity index (χ0n) is 17.9. The van der Waals surface area contributed by atoms with Crippen LogP contribution < -0.4 is 5.32 Å². The summed E-state index contributed by atoms with van der Waals surface area (Å²) in [6.45, 7) is 4.94. The Morgan fingerprint density at radius 3 is 2.75 bits per heavy atom. The van der Waals surface area contributed by atoms with Crippen molar-refractivity contribution in [1.29, 1.82) is 0 Å². The Morgan fingerprint density at radius 2 is 2.00 bits per heavy atom. The average molecular weight is 465 g/mol. The van der Waals surface area contributed by atoms with Gasteiger partial charge in [0.1, 0.15) is 10.7 Å². The SMILES string of the molecule is CC(C)CCNC(=O)c1csc(CSc2nnc(-c3cccnc3)n2-c2ccccc2)n1. The van der Waals surface area contributed by atoms with E-state index in [1.165, 1.54) is 11.3 Å². The van der Waals surface area contributed by atoms with Gasteiger partial charge >= 0.3 is 0 Å². The minimum atomic E-state index is -0.121. The zero-order valence-corrected chi connectivity index (χ0v) is 19.6. The lowest BCUT2D eigenvalue weighted by molar-refractivity contribution is 0.0947. The van der Waals surface area contributed by atoms with E-state index in [2.05, 4.69) is 39.3 Å². The van der Waals surface area contributed by atoms with Gasteiger partial charge in [-0.15, -0.1) is 21.5 Å². The molecule has 0 fully saturated rings. The van der Waals surface area contributed by atoms with Gasteiger partial charge < -0.3 is 5.32 Å². The van der Waals surface area contributed by atoms with Crippen molar-refractivity contribution >= 4 is 29.0 Å². The van der Waals surface area contributed by atoms with Crippen LogP contribution in [0.25, 0.3) is 17.1 Å². The molecule has 0 atom stereocenters. The molecule has 3 aromatic heterocycles. The molecule has 1 aromatic carbocycles. The molecule has 0 aliphatic rings. The van der Waals surface area contributed by atoms with Gasteiger partial charge in [-0.05, 0) is 36.6 Å². The molecule has 1 N–H and O–H groups in total. The number of thioether (sulfide) groups is 1. The summed E-state index contributed by atoms with van der Waals surface area (Å²) in [7, 11) is 0. The number of carbonyl (C=O) groups excluding carboxylic acids is 1. The second kappa shape index (κ2) is 10.5. The zero-order chi connectivity index (χ0) is 22.3. The lowest BCUT2D eigenvalue weighted by atomic mass is 10.1. The monoisotopic (exact) mass is 464 g/mol. The summed E-state index contributed by atoms with van der Waals surface area (Å²) in [5.74, 6) is 1.76. The number of para-hydroxylation sites is 1. The first-order valence-electron chi connectivity index (χ1n) is 10.4. The Kier molecular flexibility index (Phi) is 7.28. The number of hydrogen-bond acceptors (Lipinski definition) is 7. The van der Waals surface area contributed by atoms with E-state index in [0.717, 1.165) is 33.7 Å². The summed E-state index contributed by atoms with van der Waals surface area (Å²) in [6.07, 6.45) is 4.47. The fourth-order valence-electron chi connectivity index (χ4n) is 3.03. The van der Waals surface area contributed by atoms with E-state index in [9.17, 15) is 4.79 Å². The molecule has 4 aromatic rings. The first-order valence-corrected chi connectivity index (χ1v) is 12.2. The van der Waals surface area contributed by atoms with Crippen molar-refractivity contribution < 1.29 is 4.79 Å². The van der Waals surface area contributed by atoms with Crippen molar-refractivity contribution in [2.24, 2.45) is 5.92 Å². The van der Waals surface area contributed by atoms with Gasteiger partial charge in [-0.1, -0.05) is 43.8 Å². The summed E-state index contributed by atoms with van der Waals surface area (Å²) in [5.41, 5.74) is 2.34. The summed E-state index contributed by atoms with van der Waals surface area (Å²) in [5, 5.41) is 15.2. The molecule has 0 aliphatic heterocycles. The Bertz CT molecular complexity index is 1160. The number of rotatable bonds is 9. The summed E-state index contributed by atoms with van der Waals surface area (Å²) >= 11 is 3.02. The van der Waals surface area contributed by atoms with Gasteiger partial charge in [-0.25, -0.2) is 4.98 Å². The van der Waals surface area contributed by atoms with Gasteiger partial charge in [0.05, 0.1) is 5.75 Å². The molecule has 3 heterocycles. The van der Waals surface area contributed by atoms with Crippen LogP contribution in [0.3, 0.4) is 0 Å². The van der Waals surface area contributed by atoms with E-state index in [1.807, 2.05) is 52.4 Å². The lowest BCUT2D eigenvalue weighted by Gasteiger charge is -2.09. The molecule has 0 bridgehead atoms.